The second-order valence-corrected chi connectivity index (χ2v) is 6.81. The Labute approximate surface area is 128 Å². The van der Waals surface area contributed by atoms with Gasteiger partial charge in [-0.3, -0.25) is 4.90 Å². The van der Waals surface area contributed by atoms with Gasteiger partial charge in [0.1, 0.15) is 5.75 Å². The Morgan fingerprint density at radius 2 is 2.29 bits per heavy atom. The number of ether oxygens (including phenoxy) is 1. The van der Waals surface area contributed by atoms with Crippen LogP contribution in [0.4, 0.5) is 0 Å². The summed E-state index contributed by atoms with van der Waals surface area (Å²) in [6.45, 7) is 10.2. The van der Waals surface area contributed by atoms with E-state index in [-0.39, 0.29) is 0 Å². The summed E-state index contributed by atoms with van der Waals surface area (Å²) in [4.78, 5) is 2.68. The molecule has 1 aromatic rings. The summed E-state index contributed by atoms with van der Waals surface area (Å²) in [5.74, 6) is 1.87. The van der Waals surface area contributed by atoms with E-state index in [4.69, 9.17) is 4.74 Å². The first kappa shape index (κ1) is 14.9. The highest BCUT2D eigenvalue weighted by atomic mass is 16.5. The molecule has 1 aromatic carbocycles. The van der Waals surface area contributed by atoms with Crippen molar-refractivity contribution in [3.8, 4) is 5.75 Å². The number of fused-ring (bicyclic) bond motifs is 1. The first-order valence-corrected chi connectivity index (χ1v) is 8.42. The summed E-state index contributed by atoms with van der Waals surface area (Å²) in [6.07, 6.45) is 3.53. The van der Waals surface area contributed by atoms with E-state index in [0.29, 0.717) is 6.04 Å². The van der Waals surface area contributed by atoms with Gasteiger partial charge in [-0.25, -0.2) is 0 Å². The van der Waals surface area contributed by atoms with E-state index >= 15 is 0 Å². The van der Waals surface area contributed by atoms with Crippen molar-refractivity contribution < 1.29 is 4.74 Å². The molecule has 0 amide bonds. The maximum atomic E-state index is 5.59. The lowest BCUT2D eigenvalue weighted by molar-refractivity contribution is 0.143. The summed E-state index contributed by atoms with van der Waals surface area (Å²) in [5.41, 5.74) is 2.85. The minimum absolute atomic E-state index is 0.705. The minimum Gasteiger partial charge on any atom is -0.493 e. The second-order valence-electron chi connectivity index (χ2n) is 6.81. The Balaban J connectivity index is 1.57. The van der Waals surface area contributed by atoms with Crippen molar-refractivity contribution >= 4 is 0 Å². The molecule has 0 radical (unpaired) electrons. The van der Waals surface area contributed by atoms with Crippen LogP contribution < -0.4 is 10.1 Å². The molecule has 1 atom stereocenters. The van der Waals surface area contributed by atoms with Gasteiger partial charge in [-0.2, -0.15) is 0 Å². The molecule has 3 nitrogen and oxygen atoms in total. The standard InChI is InChI=1S/C18H28N2O/c1-14(2)11-17-13-19-7-9-20(17)8-5-15-3-4-18-16(12-15)6-10-21-18/h3-4,12,14,17,19H,5-11,13H2,1-2H3. The third kappa shape index (κ3) is 3.78. The maximum absolute atomic E-state index is 5.59. The molecular weight excluding hydrogens is 260 g/mol. The van der Waals surface area contributed by atoms with Gasteiger partial charge in [0, 0.05) is 38.6 Å². The maximum Gasteiger partial charge on any atom is 0.122 e. The SMILES string of the molecule is CC(C)CC1CNCCN1CCc1ccc2c(c1)CCO2. The van der Waals surface area contributed by atoms with Crippen molar-refractivity contribution in [3.05, 3.63) is 29.3 Å². The number of nitrogens with one attached hydrogen (secondary N) is 1. The molecule has 3 rings (SSSR count). The van der Waals surface area contributed by atoms with Gasteiger partial charge >= 0.3 is 0 Å². The Kier molecular flexibility index (Phi) is 4.81. The van der Waals surface area contributed by atoms with E-state index in [2.05, 4.69) is 42.3 Å². The van der Waals surface area contributed by atoms with Crippen LogP contribution in [0.1, 0.15) is 31.4 Å². The van der Waals surface area contributed by atoms with E-state index in [0.717, 1.165) is 44.2 Å². The predicted molar refractivity (Wildman–Crippen MR) is 87.0 cm³/mol. The normalized spacial score (nSPS) is 22.3. The highest BCUT2D eigenvalue weighted by molar-refractivity contribution is 5.39. The zero-order valence-corrected chi connectivity index (χ0v) is 13.4. The molecule has 0 bridgehead atoms. The van der Waals surface area contributed by atoms with Crippen LogP contribution in [-0.4, -0.2) is 43.7 Å². The van der Waals surface area contributed by atoms with Crippen LogP contribution in [0.5, 0.6) is 5.75 Å². The average Bonchev–Trinajstić information content (AvgIpc) is 2.93. The molecule has 0 aromatic heterocycles. The van der Waals surface area contributed by atoms with E-state index in [9.17, 15) is 0 Å². The molecule has 116 valence electrons. The highest BCUT2D eigenvalue weighted by Crippen LogP contribution is 2.26. The van der Waals surface area contributed by atoms with Crippen LogP contribution in [0.15, 0.2) is 18.2 Å². The predicted octanol–water partition coefficient (Wildman–Crippen LogP) is 2.48. The smallest absolute Gasteiger partial charge is 0.122 e. The lowest BCUT2D eigenvalue weighted by atomic mass is 10.00. The van der Waals surface area contributed by atoms with Gasteiger partial charge in [-0.05, 0) is 36.0 Å². The third-order valence-electron chi connectivity index (χ3n) is 4.66. The Morgan fingerprint density at radius 1 is 1.38 bits per heavy atom. The first-order valence-electron chi connectivity index (χ1n) is 8.42. The first-order chi connectivity index (χ1) is 10.2. The monoisotopic (exact) mass is 288 g/mol. The molecule has 2 aliphatic rings. The van der Waals surface area contributed by atoms with Crippen LogP contribution in [0.25, 0.3) is 0 Å². The van der Waals surface area contributed by atoms with Gasteiger partial charge in [0.15, 0.2) is 0 Å². The number of benzene rings is 1. The number of hydrogen-bond donors (Lipinski definition) is 1. The molecule has 0 saturated carbocycles. The van der Waals surface area contributed by atoms with E-state index in [1.54, 1.807) is 0 Å². The molecule has 1 N–H and O–H groups in total. The Hall–Kier alpha value is -1.06. The van der Waals surface area contributed by atoms with Crippen LogP contribution in [0, 0.1) is 5.92 Å². The molecule has 2 heterocycles. The summed E-state index contributed by atoms with van der Waals surface area (Å²) in [5, 5.41) is 3.54. The molecule has 1 fully saturated rings. The van der Waals surface area contributed by atoms with Crippen LogP contribution >= 0.6 is 0 Å². The van der Waals surface area contributed by atoms with E-state index in [1.165, 1.54) is 30.6 Å². The lowest BCUT2D eigenvalue weighted by Gasteiger charge is -2.37. The van der Waals surface area contributed by atoms with Gasteiger partial charge in [-0.15, -0.1) is 0 Å². The van der Waals surface area contributed by atoms with Gasteiger partial charge < -0.3 is 10.1 Å². The highest BCUT2D eigenvalue weighted by Gasteiger charge is 2.22. The summed E-state index contributed by atoms with van der Waals surface area (Å²) in [6, 6.07) is 7.45. The molecule has 0 spiro atoms. The minimum atomic E-state index is 0.705. The molecular formula is C18H28N2O. The van der Waals surface area contributed by atoms with E-state index in [1.807, 2.05) is 0 Å². The van der Waals surface area contributed by atoms with Gasteiger partial charge in [-0.1, -0.05) is 26.0 Å². The molecule has 1 unspecified atom stereocenters. The molecule has 0 aliphatic carbocycles. The molecule has 1 saturated heterocycles. The largest absolute Gasteiger partial charge is 0.493 e. The number of rotatable bonds is 5. The fourth-order valence-corrected chi connectivity index (χ4v) is 3.54. The fourth-order valence-electron chi connectivity index (χ4n) is 3.54. The van der Waals surface area contributed by atoms with Crippen LogP contribution in [-0.2, 0) is 12.8 Å². The zero-order valence-electron chi connectivity index (χ0n) is 13.4. The van der Waals surface area contributed by atoms with Gasteiger partial charge in [0.2, 0.25) is 0 Å². The second kappa shape index (κ2) is 6.80. The van der Waals surface area contributed by atoms with Crippen molar-refractivity contribution in [1.29, 1.82) is 0 Å². The number of hydrogen-bond acceptors (Lipinski definition) is 3. The molecule has 2 aliphatic heterocycles. The Morgan fingerprint density at radius 3 is 3.14 bits per heavy atom. The van der Waals surface area contributed by atoms with Crippen molar-refractivity contribution in [3.63, 3.8) is 0 Å². The van der Waals surface area contributed by atoms with Gasteiger partial charge in [0.25, 0.3) is 0 Å². The summed E-state index contributed by atoms with van der Waals surface area (Å²) >= 11 is 0. The molecule has 21 heavy (non-hydrogen) atoms. The average molecular weight is 288 g/mol. The zero-order chi connectivity index (χ0) is 14.7. The van der Waals surface area contributed by atoms with Crippen LogP contribution in [0.3, 0.4) is 0 Å². The van der Waals surface area contributed by atoms with Crippen molar-refractivity contribution in [1.82, 2.24) is 10.2 Å². The Bertz CT molecular complexity index is 472. The quantitative estimate of drug-likeness (QED) is 0.901. The van der Waals surface area contributed by atoms with Crippen LogP contribution in [0.2, 0.25) is 0 Å². The number of nitrogens with zero attached hydrogens (tertiary/aromatic N) is 1. The van der Waals surface area contributed by atoms with E-state index < -0.39 is 0 Å². The van der Waals surface area contributed by atoms with Crippen molar-refractivity contribution in [2.24, 2.45) is 5.92 Å². The third-order valence-corrected chi connectivity index (χ3v) is 4.66. The lowest BCUT2D eigenvalue weighted by Crippen LogP contribution is -2.52. The summed E-state index contributed by atoms with van der Waals surface area (Å²) < 4.78 is 5.59. The summed E-state index contributed by atoms with van der Waals surface area (Å²) in [7, 11) is 0. The fraction of sp³-hybridized carbons (Fsp3) is 0.667. The molecule has 3 heteroatoms. The number of piperazine rings is 1. The van der Waals surface area contributed by atoms with Crippen molar-refractivity contribution in [2.45, 2.75) is 39.2 Å². The topological polar surface area (TPSA) is 24.5 Å². The van der Waals surface area contributed by atoms with Crippen molar-refractivity contribution in [2.75, 3.05) is 32.8 Å². The van der Waals surface area contributed by atoms with Gasteiger partial charge in [0.05, 0.1) is 6.61 Å².